The van der Waals surface area contributed by atoms with E-state index < -0.39 is 15.9 Å². The molecular formula is C10H18N4O4S. The number of aromatic nitrogens is 2. The van der Waals surface area contributed by atoms with E-state index in [-0.39, 0.29) is 16.3 Å². The first kappa shape index (κ1) is 15.6. The van der Waals surface area contributed by atoms with Crippen molar-refractivity contribution in [3.8, 4) is 0 Å². The van der Waals surface area contributed by atoms with Crippen LogP contribution in [-0.2, 0) is 14.8 Å². The molecule has 3 N–H and O–H groups in total. The Morgan fingerprint density at radius 2 is 2.16 bits per heavy atom. The minimum Gasteiger partial charge on any atom is -0.380 e. The number of likely N-dealkylation sites (N-methyl/N-ethyl adjacent to an activating group) is 1. The summed E-state index contributed by atoms with van der Waals surface area (Å²) in [5.74, 6) is -0.520. The number of nitrogens with one attached hydrogen (secondary N) is 1. The molecule has 0 atom stereocenters. The van der Waals surface area contributed by atoms with Gasteiger partial charge in [-0.1, -0.05) is 0 Å². The second-order valence-corrected chi connectivity index (χ2v) is 5.49. The van der Waals surface area contributed by atoms with Gasteiger partial charge in [0.2, 0.25) is 10.0 Å². The Morgan fingerprint density at radius 1 is 1.53 bits per heavy atom. The number of ether oxygens (including phenoxy) is 1. The van der Waals surface area contributed by atoms with E-state index in [4.69, 9.17) is 9.88 Å². The first-order valence-electron chi connectivity index (χ1n) is 5.70. The maximum absolute atomic E-state index is 12.1. The van der Waals surface area contributed by atoms with Crippen LogP contribution in [0.3, 0.4) is 0 Å². The number of nitrogens with two attached hydrogens (primary N) is 1. The molecule has 0 aromatic carbocycles. The normalized spacial score (nSPS) is 11.6. The fourth-order valence-electron chi connectivity index (χ4n) is 1.54. The fourth-order valence-corrected chi connectivity index (χ4v) is 2.42. The third kappa shape index (κ3) is 3.75. The summed E-state index contributed by atoms with van der Waals surface area (Å²) in [6.45, 7) is 4.59. The Labute approximate surface area is 112 Å². The van der Waals surface area contributed by atoms with Crippen molar-refractivity contribution in [2.75, 3.05) is 26.8 Å². The standard InChI is InChI=1S/C10H18N4O4S/c1-4-18-6-5-14(3)10(15)8-9(19(11,16)17)7(2)12-13-8/h4-6H2,1-3H3,(H,12,13)(H2,11,16,17). The quantitative estimate of drug-likeness (QED) is 0.683. The molecule has 0 aliphatic heterocycles. The second-order valence-electron chi connectivity index (χ2n) is 3.99. The molecule has 0 saturated carbocycles. The van der Waals surface area contributed by atoms with Crippen LogP contribution in [0, 0.1) is 6.92 Å². The number of H-pyrrole nitrogens is 1. The Hall–Kier alpha value is -1.45. The van der Waals surface area contributed by atoms with Crippen molar-refractivity contribution in [2.24, 2.45) is 5.14 Å². The van der Waals surface area contributed by atoms with E-state index in [0.29, 0.717) is 19.8 Å². The lowest BCUT2D eigenvalue weighted by Crippen LogP contribution is -2.32. The molecule has 0 aliphatic rings. The van der Waals surface area contributed by atoms with Gasteiger partial charge in [0.1, 0.15) is 4.90 Å². The number of carbonyl (C=O) groups is 1. The number of primary sulfonamides is 1. The number of nitrogens with zero attached hydrogens (tertiary/aromatic N) is 2. The van der Waals surface area contributed by atoms with E-state index in [1.807, 2.05) is 6.92 Å². The minimum absolute atomic E-state index is 0.195. The molecule has 1 rings (SSSR count). The monoisotopic (exact) mass is 290 g/mol. The zero-order chi connectivity index (χ0) is 14.6. The molecule has 0 aliphatic carbocycles. The highest BCUT2D eigenvalue weighted by Crippen LogP contribution is 2.17. The first-order valence-corrected chi connectivity index (χ1v) is 7.24. The Morgan fingerprint density at radius 3 is 2.68 bits per heavy atom. The van der Waals surface area contributed by atoms with Crippen molar-refractivity contribution < 1.29 is 17.9 Å². The number of hydrogen-bond acceptors (Lipinski definition) is 5. The molecule has 1 heterocycles. The van der Waals surface area contributed by atoms with Gasteiger partial charge in [-0.05, 0) is 13.8 Å². The number of rotatable bonds is 6. The number of sulfonamides is 1. The van der Waals surface area contributed by atoms with E-state index in [1.54, 1.807) is 0 Å². The Balaban J connectivity index is 2.95. The highest BCUT2D eigenvalue weighted by Gasteiger charge is 2.27. The topological polar surface area (TPSA) is 118 Å². The summed E-state index contributed by atoms with van der Waals surface area (Å²) in [6, 6.07) is 0. The molecule has 0 unspecified atom stereocenters. The van der Waals surface area contributed by atoms with E-state index in [9.17, 15) is 13.2 Å². The third-order valence-electron chi connectivity index (χ3n) is 2.50. The summed E-state index contributed by atoms with van der Waals surface area (Å²) < 4.78 is 28.0. The summed E-state index contributed by atoms with van der Waals surface area (Å²) in [7, 11) is -2.46. The van der Waals surface area contributed by atoms with Gasteiger partial charge >= 0.3 is 0 Å². The summed E-state index contributed by atoms with van der Waals surface area (Å²) in [5, 5.41) is 11.3. The molecule has 0 spiro atoms. The molecule has 1 aromatic rings. The maximum atomic E-state index is 12.1. The van der Waals surface area contributed by atoms with E-state index >= 15 is 0 Å². The number of amides is 1. The van der Waals surface area contributed by atoms with Crippen molar-refractivity contribution >= 4 is 15.9 Å². The van der Waals surface area contributed by atoms with Crippen molar-refractivity contribution in [3.63, 3.8) is 0 Å². The zero-order valence-electron chi connectivity index (χ0n) is 11.1. The maximum Gasteiger partial charge on any atom is 0.275 e. The lowest BCUT2D eigenvalue weighted by Gasteiger charge is -2.16. The van der Waals surface area contributed by atoms with E-state index in [0.717, 1.165) is 0 Å². The number of aryl methyl sites for hydroxylation is 1. The zero-order valence-corrected chi connectivity index (χ0v) is 12.0. The van der Waals surface area contributed by atoms with E-state index in [2.05, 4.69) is 10.2 Å². The molecule has 1 amide bonds. The van der Waals surface area contributed by atoms with Crippen molar-refractivity contribution in [1.82, 2.24) is 15.1 Å². The van der Waals surface area contributed by atoms with Gasteiger partial charge in [0.25, 0.3) is 5.91 Å². The van der Waals surface area contributed by atoms with Gasteiger partial charge in [0, 0.05) is 20.2 Å². The molecule has 0 saturated heterocycles. The minimum atomic E-state index is -4.00. The highest BCUT2D eigenvalue weighted by atomic mass is 32.2. The molecular weight excluding hydrogens is 272 g/mol. The number of aromatic amines is 1. The van der Waals surface area contributed by atoms with Gasteiger partial charge in [0.15, 0.2) is 5.69 Å². The average Bonchev–Trinajstić information content (AvgIpc) is 2.70. The predicted octanol–water partition coefficient (Wildman–Crippen LogP) is -0.526. The second kappa shape index (κ2) is 6.13. The molecule has 0 fully saturated rings. The van der Waals surface area contributed by atoms with Crippen LogP contribution in [0.15, 0.2) is 4.90 Å². The smallest absolute Gasteiger partial charge is 0.275 e. The summed E-state index contributed by atoms with van der Waals surface area (Å²) in [4.78, 5) is 13.2. The summed E-state index contributed by atoms with van der Waals surface area (Å²) in [5.41, 5.74) is 0.0445. The van der Waals surface area contributed by atoms with Gasteiger partial charge in [-0.2, -0.15) is 5.10 Å². The van der Waals surface area contributed by atoms with Crippen molar-refractivity contribution in [1.29, 1.82) is 0 Å². The molecule has 19 heavy (non-hydrogen) atoms. The molecule has 0 bridgehead atoms. The fraction of sp³-hybridized carbons (Fsp3) is 0.600. The lowest BCUT2D eigenvalue weighted by molar-refractivity contribution is 0.0701. The third-order valence-corrected chi connectivity index (χ3v) is 3.57. The molecule has 108 valence electrons. The first-order chi connectivity index (χ1) is 8.79. The van der Waals surface area contributed by atoms with Crippen LogP contribution in [0.2, 0.25) is 0 Å². The van der Waals surface area contributed by atoms with Gasteiger partial charge in [-0.25, -0.2) is 13.6 Å². The summed E-state index contributed by atoms with van der Waals surface area (Å²) >= 11 is 0. The SMILES string of the molecule is CCOCCN(C)C(=O)c1n[nH]c(C)c1S(N)(=O)=O. The van der Waals surface area contributed by atoms with Crippen LogP contribution < -0.4 is 5.14 Å². The van der Waals surface area contributed by atoms with Crippen LogP contribution in [-0.4, -0.2) is 56.2 Å². The Bertz CT molecular complexity index is 552. The van der Waals surface area contributed by atoms with Crippen LogP contribution in [0.4, 0.5) is 0 Å². The van der Waals surface area contributed by atoms with Crippen LogP contribution >= 0.6 is 0 Å². The van der Waals surface area contributed by atoms with Gasteiger partial charge in [-0.3, -0.25) is 9.89 Å². The van der Waals surface area contributed by atoms with Gasteiger partial charge in [0.05, 0.1) is 12.3 Å². The number of carbonyl (C=O) groups excluding carboxylic acids is 1. The van der Waals surface area contributed by atoms with Crippen LogP contribution in [0.1, 0.15) is 23.1 Å². The van der Waals surface area contributed by atoms with Crippen LogP contribution in [0.25, 0.3) is 0 Å². The lowest BCUT2D eigenvalue weighted by atomic mass is 10.3. The molecule has 8 nitrogen and oxygen atoms in total. The number of hydrogen-bond donors (Lipinski definition) is 2. The molecule has 0 radical (unpaired) electrons. The van der Waals surface area contributed by atoms with Crippen molar-refractivity contribution in [3.05, 3.63) is 11.4 Å². The average molecular weight is 290 g/mol. The largest absolute Gasteiger partial charge is 0.380 e. The predicted molar refractivity (Wildman–Crippen MR) is 68.2 cm³/mol. The highest BCUT2D eigenvalue weighted by molar-refractivity contribution is 7.89. The van der Waals surface area contributed by atoms with Crippen LogP contribution in [0.5, 0.6) is 0 Å². The summed E-state index contributed by atoms with van der Waals surface area (Å²) in [6.07, 6.45) is 0. The van der Waals surface area contributed by atoms with Gasteiger partial charge < -0.3 is 9.64 Å². The Kier molecular flexibility index (Phi) is 5.04. The van der Waals surface area contributed by atoms with Gasteiger partial charge in [-0.15, -0.1) is 0 Å². The van der Waals surface area contributed by atoms with E-state index in [1.165, 1.54) is 18.9 Å². The molecule has 9 heteroatoms. The molecule has 1 aromatic heterocycles. The van der Waals surface area contributed by atoms with Crippen molar-refractivity contribution in [2.45, 2.75) is 18.7 Å².